The van der Waals surface area contributed by atoms with Crippen LogP contribution in [0.25, 0.3) is 0 Å². The van der Waals surface area contributed by atoms with Crippen molar-refractivity contribution < 1.29 is 23.0 Å². The minimum absolute atomic E-state index is 0.158. The number of ether oxygens (including phenoxy) is 1. The molecule has 1 N–H and O–H groups in total. The van der Waals surface area contributed by atoms with Gasteiger partial charge in [0.2, 0.25) is 11.2 Å². The van der Waals surface area contributed by atoms with Gasteiger partial charge in [-0.2, -0.15) is 18.2 Å². The van der Waals surface area contributed by atoms with Crippen molar-refractivity contribution in [3.8, 4) is 5.88 Å². The molecule has 118 valence electrons. The highest BCUT2D eigenvalue weighted by molar-refractivity contribution is 6.30. The van der Waals surface area contributed by atoms with E-state index < -0.39 is 28.7 Å². The molecule has 1 atom stereocenters. The largest absolute Gasteiger partial charge is 0.481 e. The second-order valence-electron chi connectivity index (χ2n) is 3.93. The van der Waals surface area contributed by atoms with E-state index in [9.17, 15) is 18.3 Å². The van der Waals surface area contributed by atoms with Crippen molar-refractivity contribution in [1.82, 2.24) is 19.9 Å². The molecule has 0 saturated carbocycles. The molecule has 11 heteroatoms. The predicted octanol–water partition coefficient (Wildman–Crippen LogP) is 2.68. The maximum Gasteiger partial charge on any atom is 0.433 e. The number of nitrogens with zero attached hydrogens (tertiary/aromatic N) is 4. The smallest absolute Gasteiger partial charge is 0.433 e. The first-order valence-electron chi connectivity index (χ1n) is 5.57. The number of hydrogen-bond donors (Lipinski definition) is 1. The lowest BCUT2D eigenvalue weighted by Gasteiger charge is -2.18. The summed E-state index contributed by atoms with van der Waals surface area (Å²) < 4.78 is 43.9. The van der Waals surface area contributed by atoms with E-state index in [-0.39, 0.29) is 16.7 Å². The third kappa shape index (κ3) is 3.21. The molecule has 0 aromatic carbocycles. The first-order chi connectivity index (χ1) is 10.3. The number of aliphatic hydroxyl groups is 1. The summed E-state index contributed by atoms with van der Waals surface area (Å²) in [6.45, 7) is 0. The molecule has 2 aromatic rings. The standard InChI is InChI=1S/C11H7Cl2F3N4O2/c1-22-9-4(2-17-10(13)20-9)6(21)5-7(11(14,15)16)18-3-19-8(5)12/h2-3,6,21H,1H3. The van der Waals surface area contributed by atoms with Crippen molar-refractivity contribution in [2.24, 2.45) is 0 Å². The third-order valence-corrected chi connectivity index (χ3v) is 3.10. The summed E-state index contributed by atoms with van der Waals surface area (Å²) in [6.07, 6.45) is -5.00. The average molecular weight is 355 g/mol. The van der Waals surface area contributed by atoms with E-state index in [0.29, 0.717) is 6.33 Å². The molecule has 1 unspecified atom stereocenters. The molecule has 0 amide bonds. The van der Waals surface area contributed by atoms with Crippen molar-refractivity contribution in [2.75, 3.05) is 7.11 Å². The van der Waals surface area contributed by atoms with Crippen molar-refractivity contribution in [2.45, 2.75) is 12.3 Å². The van der Waals surface area contributed by atoms with Gasteiger partial charge < -0.3 is 9.84 Å². The van der Waals surface area contributed by atoms with E-state index in [4.69, 9.17) is 27.9 Å². The summed E-state index contributed by atoms with van der Waals surface area (Å²) in [7, 11) is 1.21. The van der Waals surface area contributed by atoms with E-state index in [2.05, 4.69) is 19.9 Å². The van der Waals surface area contributed by atoms with Crippen LogP contribution in [0.5, 0.6) is 5.88 Å². The van der Waals surface area contributed by atoms with Gasteiger partial charge in [0.25, 0.3) is 0 Å². The lowest BCUT2D eigenvalue weighted by Crippen LogP contribution is -2.17. The molecular weight excluding hydrogens is 348 g/mol. The highest BCUT2D eigenvalue weighted by Gasteiger charge is 2.39. The Kier molecular flexibility index (Phi) is 4.69. The molecule has 2 heterocycles. The Morgan fingerprint density at radius 2 is 1.91 bits per heavy atom. The molecule has 22 heavy (non-hydrogen) atoms. The van der Waals surface area contributed by atoms with Crippen molar-refractivity contribution in [3.63, 3.8) is 0 Å². The van der Waals surface area contributed by atoms with Crippen LogP contribution < -0.4 is 4.74 Å². The summed E-state index contributed by atoms with van der Waals surface area (Å²) in [4.78, 5) is 13.9. The van der Waals surface area contributed by atoms with Crippen LogP contribution in [0.3, 0.4) is 0 Å². The maximum atomic E-state index is 13.0. The normalized spacial score (nSPS) is 13.0. The number of methoxy groups -OCH3 is 1. The minimum atomic E-state index is -4.83. The fraction of sp³-hybridized carbons (Fsp3) is 0.273. The zero-order valence-electron chi connectivity index (χ0n) is 10.8. The SMILES string of the molecule is COc1nc(Cl)ncc1C(O)c1c(Cl)ncnc1C(F)(F)F. The Balaban J connectivity index is 2.62. The minimum Gasteiger partial charge on any atom is -0.481 e. The van der Waals surface area contributed by atoms with Gasteiger partial charge in [-0.1, -0.05) is 11.6 Å². The summed E-state index contributed by atoms with van der Waals surface area (Å²) in [5.74, 6) is -0.194. The van der Waals surface area contributed by atoms with Gasteiger partial charge >= 0.3 is 6.18 Å². The van der Waals surface area contributed by atoms with Crippen LogP contribution in [0.4, 0.5) is 13.2 Å². The average Bonchev–Trinajstić information content (AvgIpc) is 2.45. The number of aromatic nitrogens is 4. The highest BCUT2D eigenvalue weighted by Crippen LogP contribution is 2.39. The Labute approximate surface area is 131 Å². The van der Waals surface area contributed by atoms with Gasteiger partial charge in [0, 0.05) is 6.20 Å². The maximum absolute atomic E-state index is 13.0. The first-order valence-corrected chi connectivity index (χ1v) is 6.33. The number of halogens is 5. The molecule has 6 nitrogen and oxygen atoms in total. The number of hydrogen-bond acceptors (Lipinski definition) is 6. The molecule has 0 radical (unpaired) electrons. The van der Waals surface area contributed by atoms with Gasteiger partial charge in [0.05, 0.1) is 18.2 Å². The van der Waals surface area contributed by atoms with Gasteiger partial charge in [-0.15, -0.1) is 0 Å². The molecule has 0 aliphatic heterocycles. The fourth-order valence-corrected chi connectivity index (χ4v) is 2.07. The van der Waals surface area contributed by atoms with Gasteiger partial charge in [-0.3, -0.25) is 0 Å². The van der Waals surface area contributed by atoms with Gasteiger partial charge in [-0.25, -0.2) is 15.0 Å². The topological polar surface area (TPSA) is 81.0 Å². The van der Waals surface area contributed by atoms with Crippen LogP contribution in [-0.2, 0) is 6.18 Å². The summed E-state index contributed by atoms with van der Waals surface area (Å²) in [5, 5.41) is 9.51. The Hall–Kier alpha value is -1.71. The molecule has 0 saturated heterocycles. The Bertz CT molecular complexity index is 700. The fourth-order valence-electron chi connectivity index (χ4n) is 1.70. The highest BCUT2D eigenvalue weighted by atomic mass is 35.5. The van der Waals surface area contributed by atoms with Crippen LogP contribution in [0.1, 0.15) is 22.9 Å². The van der Waals surface area contributed by atoms with Gasteiger partial charge in [0.1, 0.15) is 17.6 Å². The predicted molar refractivity (Wildman–Crippen MR) is 69.7 cm³/mol. The molecule has 2 aromatic heterocycles. The van der Waals surface area contributed by atoms with Crippen molar-refractivity contribution in [1.29, 1.82) is 0 Å². The summed E-state index contributed by atoms with van der Waals surface area (Å²) >= 11 is 11.3. The van der Waals surface area contributed by atoms with Crippen LogP contribution in [-0.4, -0.2) is 32.2 Å². The number of rotatable bonds is 3. The Morgan fingerprint density at radius 3 is 2.50 bits per heavy atom. The van der Waals surface area contributed by atoms with Crippen molar-refractivity contribution in [3.05, 3.63) is 39.8 Å². The number of alkyl halides is 3. The lowest BCUT2D eigenvalue weighted by atomic mass is 10.0. The molecule has 2 rings (SSSR count). The Morgan fingerprint density at radius 1 is 1.23 bits per heavy atom. The van der Waals surface area contributed by atoms with E-state index in [1.807, 2.05) is 0 Å². The van der Waals surface area contributed by atoms with Crippen LogP contribution in [0, 0.1) is 0 Å². The zero-order chi connectivity index (χ0) is 16.5. The molecule has 0 spiro atoms. The van der Waals surface area contributed by atoms with E-state index >= 15 is 0 Å². The van der Waals surface area contributed by atoms with E-state index in [0.717, 1.165) is 6.20 Å². The lowest BCUT2D eigenvalue weighted by molar-refractivity contribution is -0.142. The first kappa shape index (κ1) is 16.7. The van der Waals surface area contributed by atoms with Crippen LogP contribution in [0.2, 0.25) is 10.4 Å². The second kappa shape index (κ2) is 6.19. The summed E-state index contributed by atoms with van der Waals surface area (Å²) in [5.41, 5.74) is -2.24. The molecule has 0 bridgehead atoms. The number of aliphatic hydroxyl groups excluding tert-OH is 1. The quantitative estimate of drug-likeness (QED) is 0.674. The molecule has 0 aliphatic carbocycles. The van der Waals surface area contributed by atoms with E-state index in [1.165, 1.54) is 7.11 Å². The van der Waals surface area contributed by atoms with E-state index in [1.54, 1.807) is 0 Å². The monoisotopic (exact) mass is 354 g/mol. The van der Waals surface area contributed by atoms with Crippen molar-refractivity contribution >= 4 is 23.2 Å². The molecule has 0 fully saturated rings. The second-order valence-corrected chi connectivity index (χ2v) is 4.63. The van der Waals surface area contributed by atoms with Crippen LogP contribution >= 0.6 is 23.2 Å². The van der Waals surface area contributed by atoms with Gasteiger partial charge in [0.15, 0.2) is 5.69 Å². The van der Waals surface area contributed by atoms with Crippen LogP contribution in [0.15, 0.2) is 12.5 Å². The molecule has 0 aliphatic rings. The summed E-state index contributed by atoms with van der Waals surface area (Å²) in [6, 6.07) is 0. The van der Waals surface area contributed by atoms with Gasteiger partial charge in [-0.05, 0) is 11.6 Å². The zero-order valence-corrected chi connectivity index (χ0v) is 12.3. The molecular formula is C11H7Cl2F3N4O2. The third-order valence-electron chi connectivity index (χ3n) is 2.62.